The Kier molecular flexibility index (Phi) is 3.89. The summed E-state index contributed by atoms with van der Waals surface area (Å²) in [6.07, 6.45) is 5.38. The fourth-order valence-corrected chi connectivity index (χ4v) is 3.91. The van der Waals surface area contributed by atoms with Crippen molar-refractivity contribution in [1.82, 2.24) is 9.97 Å². The van der Waals surface area contributed by atoms with Crippen molar-refractivity contribution in [1.29, 1.82) is 0 Å². The Bertz CT molecular complexity index is 569. The van der Waals surface area contributed by atoms with Gasteiger partial charge in [0, 0.05) is 6.54 Å². The van der Waals surface area contributed by atoms with E-state index in [0.717, 1.165) is 34.4 Å². The summed E-state index contributed by atoms with van der Waals surface area (Å²) in [6, 6.07) is 1.99. The van der Waals surface area contributed by atoms with Crippen LogP contribution in [0.5, 0.6) is 0 Å². The van der Waals surface area contributed by atoms with Crippen LogP contribution in [-0.2, 0) is 0 Å². The van der Waals surface area contributed by atoms with Crippen LogP contribution in [0.3, 0.4) is 0 Å². The molecule has 0 saturated heterocycles. The van der Waals surface area contributed by atoms with Gasteiger partial charge in [-0.3, -0.25) is 0 Å². The number of anilines is 1. The van der Waals surface area contributed by atoms with Gasteiger partial charge in [0.05, 0.1) is 10.2 Å². The van der Waals surface area contributed by atoms with E-state index in [1.54, 1.807) is 11.3 Å². The van der Waals surface area contributed by atoms with E-state index in [2.05, 4.69) is 22.2 Å². The Balaban J connectivity index is 1.72. The molecular formula is C14H18ClN3S. The van der Waals surface area contributed by atoms with E-state index < -0.39 is 0 Å². The van der Waals surface area contributed by atoms with Crippen LogP contribution in [-0.4, -0.2) is 16.5 Å². The van der Waals surface area contributed by atoms with Crippen molar-refractivity contribution in [3.8, 4) is 0 Å². The Morgan fingerprint density at radius 1 is 1.42 bits per heavy atom. The number of hydrogen-bond acceptors (Lipinski definition) is 4. The van der Waals surface area contributed by atoms with E-state index >= 15 is 0 Å². The average molecular weight is 296 g/mol. The van der Waals surface area contributed by atoms with Gasteiger partial charge in [0.25, 0.3) is 0 Å². The topological polar surface area (TPSA) is 37.8 Å². The highest BCUT2D eigenvalue weighted by atomic mass is 35.5. The quantitative estimate of drug-likeness (QED) is 0.842. The lowest BCUT2D eigenvalue weighted by atomic mass is 9.82. The Morgan fingerprint density at radius 2 is 2.32 bits per heavy atom. The first-order valence-electron chi connectivity index (χ1n) is 6.87. The minimum atomic E-state index is 0.324. The minimum absolute atomic E-state index is 0.324. The van der Waals surface area contributed by atoms with Crippen molar-refractivity contribution in [2.45, 2.75) is 32.6 Å². The molecule has 2 aromatic rings. The van der Waals surface area contributed by atoms with Crippen LogP contribution >= 0.6 is 22.9 Å². The highest BCUT2D eigenvalue weighted by Crippen LogP contribution is 2.31. The van der Waals surface area contributed by atoms with E-state index in [4.69, 9.17) is 11.6 Å². The highest BCUT2D eigenvalue weighted by molar-refractivity contribution is 7.17. The summed E-state index contributed by atoms with van der Waals surface area (Å²) in [7, 11) is 0. The third-order valence-electron chi connectivity index (χ3n) is 3.88. The van der Waals surface area contributed by atoms with Crippen LogP contribution in [0.4, 0.5) is 5.82 Å². The summed E-state index contributed by atoms with van der Waals surface area (Å²) >= 11 is 7.63. The second-order valence-corrected chi connectivity index (χ2v) is 6.75. The van der Waals surface area contributed by atoms with Crippen LogP contribution in [0.15, 0.2) is 11.4 Å². The molecule has 1 aliphatic carbocycles. The number of thiophene rings is 1. The maximum absolute atomic E-state index is 5.97. The zero-order valence-corrected chi connectivity index (χ0v) is 12.6. The van der Waals surface area contributed by atoms with E-state index in [1.807, 2.05) is 11.4 Å². The first-order chi connectivity index (χ1) is 9.22. The molecule has 0 aromatic carbocycles. The first-order valence-corrected chi connectivity index (χ1v) is 8.13. The Morgan fingerprint density at radius 3 is 3.16 bits per heavy atom. The molecular weight excluding hydrogens is 278 g/mol. The van der Waals surface area contributed by atoms with Crippen LogP contribution in [0.25, 0.3) is 10.2 Å². The van der Waals surface area contributed by atoms with Gasteiger partial charge in [0.1, 0.15) is 5.82 Å². The predicted molar refractivity (Wildman–Crippen MR) is 82.0 cm³/mol. The summed E-state index contributed by atoms with van der Waals surface area (Å²) in [5.74, 6) is 2.51. The van der Waals surface area contributed by atoms with Gasteiger partial charge in [-0.25, -0.2) is 4.98 Å². The maximum Gasteiger partial charge on any atom is 0.224 e. The van der Waals surface area contributed by atoms with Crippen molar-refractivity contribution < 1.29 is 0 Å². The lowest BCUT2D eigenvalue weighted by Crippen LogP contribution is -2.21. The fraction of sp³-hybridized carbons (Fsp3) is 0.571. The summed E-state index contributed by atoms with van der Waals surface area (Å²) in [5.41, 5.74) is 0.935. The summed E-state index contributed by atoms with van der Waals surface area (Å²) < 4.78 is 1.10. The van der Waals surface area contributed by atoms with Gasteiger partial charge in [-0.15, -0.1) is 11.3 Å². The van der Waals surface area contributed by atoms with Gasteiger partial charge in [0.2, 0.25) is 5.28 Å². The molecule has 0 amide bonds. The number of aromatic nitrogens is 2. The van der Waals surface area contributed by atoms with Crippen molar-refractivity contribution >= 4 is 39.0 Å². The average Bonchev–Trinajstić information content (AvgIpc) is 2.84. The van der Waals surface area contributed by atoms with E-state index in [-0.39, 0.29) is 0 Å². The molecule has 2 atom stereocenters. The highest BCUT2D eigenvalue weighted by Gasteiger charge is 2.19. The van der Waals surface area contributed by atoms with E-state index in [9.17, 15) is 0 Å². The monoisotopic (exact) mass is 295 g/mol. The van der Waals surface area contributed by atoms with Gasteiger partial charge >= 0.3 is 0 Å². The minimum Gasteiger partial charge on any atom is -0.368 e. The molecule has 1 aliphatic rings. The summed E-state index contributed by atoms with van der Waals surface area (Å²) in [4.78, 5) is 8.56. The molecule has 19 heavy (non-hydrogen) atoms. The van der Waals surface area contributed by atoms with Crippen LogP contribution in [0.1, 0.15) is 32.6 Å². The van der Waals surface area contributed by atoms with E-state index in [1.165, 1.54) is 25.7 Å². The third-order valence-corrected chi connectivity index (χ3v) is 4.96. The summed E-state index contributed by atoms with van der Waals surface area (Å²) in [6.45, 7) is 3.34. The standard InChI is InChI=1S/C14H18ClN3S/c1-9-3-2-4-10(7-9)8-16-13-12-11(5-6-19-12)17-14(15)18-13/h5-6,9-10H,2-4,7-8H2,1H3,(H,16,17,18). The van der Waals surface area contributed by atoms with Gasteiger partial charge in [-0.05, 0) is 47.7 Å². The number of nitrogens with zero attached hydrogens (tertiary/aromatic N) is 2. The lowest BCUT2D eigenvalue weighted by molar-refractivity contribution is 0.293. The molecule has 0 bridgehead atoms. The number of hydrogen-bond donors (Lipinski definition) is 1. The van der Waals surface area contributed by atoms with Gasteiger partial charge in [-0.2, -0.15) is 4.98 Å². The van der Waals surface area contributed by atoms with Crippen molar-refractivity contribution in [3.05, 3.63) is 16.7 Å². The van der Waals surface area contributed by atoms with Crippen molar-refractivity contribution in [2.75, 3.05) is 11.9 Å². The summed E-state index contributed by atoms with van der Waals surface area (Å²) in [5, 5.41) is 5.84. The zero-order chi connectivity index (χ0) is 13.2. The molecule has 102 valence electrons. The first kappa shape index (κ1) is 13.1. The third kappa shape index (κ3) is 3.00. The predicted octanol–water partition coefficient (Wildman–Crippen LogP) is 4.58. The molecule has 1 fully saturated rings. The molecule has 2 unspecified atom stereocenters. The number of rotatable bonds is 3. The van der Waals surface area contributed by atoms with E-state index in [0.29, 0.717) is 5.28 Å². The molecule has 1 N–H and O–H groups in total. The largest absolute Gasteiger partial charge is 0.368 e. The SMILES string of the molecule is CC1CCCC(CNc2nc(Cl)nc3ccsc23)C1. The zero-order valence-electron chi connectivity index (χ0n) is 11.0. The number of nitrogens with one attached hydrogen (secondary N) is 1. The number of halogens is 1. The number of fused-ring (bicyclic) bond motifs is 1. The molecule has 0 aliphatic heterocycles. The van der Waals surface area contributed by atoms with Crippen molar-refractivity contribution in [3.63, 3.8) is 0 Å². The molecule has 3 nitrogen and oxygen atoms in total. The molecule has 0 radical (unpaired) electrons. The second kappa shape index (κ2) is 5.63. The maximum atomic E-state index is 5.97. The molecule has 5 heteroatoms. The van der Waals surface area contributed by atoms with Crippen LogP contribution in [0.2, 0.25) is 5.28 Å². The molecule has 2 heterocycles. The fourth-order valence-electron chi connectivity index (χ4n) is 2.94. The van der Waals surface area contributed by atoms with Gasteiger partial charge in [-0.1, -0.05) is 19.8 Å². The lowest BCUT2D eigenvalue weighted by Gasteiger charge is -2.26. The Labute approximate surface area is 122 Å². The van der Waals surface area contributed by atoms with Gasteiger partial charge in [0.15, 0.2) is 0 Å². The Hall–Kier alpha value is -0.870. The van der Waals surface area contributed by atoms with Crippen LogP contribution < -0.4 is 5.32 Å². The second-order valence-electron chi connectivity index (χ2n) is 5.49. The van der Waals surface area contributed by atoms with Crippen LogP contribution in [0, 0.1) is 11.8 Å². The molecule has 0 spiro atoms. The molecule has 1 saturated carbocycles. The smallest absolute Gasteiger partial charge is 0.224 e. The van der Waals surface area contributed by atoms with Crippen molar-refractivity contribution in [2.24, 2.45) is 11.8 Å². The van der Waals surface area contributed by atoms with Gasteiger partial charge < -0.3 is 5.32 Å². The normalized spacial score (nSPS) is 23.7. The molecule has 3 rings (SSSR count). The molecule has 2 aromatic heterocycles.